The highest BCUT2D eigenvalue weighted by molar-refractivity contribution is 6.30. The van der Waals surface area contributed by atoms with Gasteiger partial charge in [-0.05, 0) is 24.3 Å². The topological polar surface area (TPSA) is 77.4 Å². The smallest absolute Gasteiger partial charge is 0.249 e. The second-order valence-corrected chi connectivity index (χ2v) is 5.04. The lowest BCUT2D eigenvalue weighted by Gasteiger charge is -2.18. The fourth-order valence-electron chi connectivity index (χ4n) is 1.61. The fourth-order valence-corrected chi connectivity index (χ4v) is 1.86. The van der Waals surface area contributed by atoms with E-state index in [9.17, 15) is 0 Å². The molecular formula is C14H12Cl2O6. The molecule has 0 bridgehead atoms. The molecule has 8 heteroatoms. The zero-order chi connectivity index (χ0) is 15.9. The van der Waals surface area contributed by atoms with Crippen LogP contribution in [0.2, 0.25) is 10.0 Å². The molecule has 2 unspecified atom stereocenters. The van der Waals surface area contributed by atoms with Crippen molar-refractivity contribution in [2.45, 2.75) is 12.6 Å². The number of benzene rings is 2. The van der Waals surface area contributed by atoms with Gasteiger partial charge in [0.25, 0.3) is 0 Å². The summed E-state index contributed by atoms with van der Waals surface area (Å²) in [6, 6.07) is 12.6. The molecule has 6 nitrogen and oxygen atoms in total. The third-order valence-electron chi connectivity index (χ3n) is 2.71. The standard InChI is InChI=1S/C14H12Cl2O6/c15-11-5-1-9(2-6-11)13(19-17)21-22-14(20-18)10-3-7-12(16)8-4-10/h1-8,13-14,17-18H. The van der Waals surface area contributed by atoms with Gasteiger partial charge in [0.1, 0.15) is 0 Å². The average molecular weight is 347 g/mol. The lowest BCUT2D eigenvalue weighted by atomic mass is 10.2. The Labute approximate surface area is 136 Å². The van der Waals surface area contributed by atoms with E-state index in [-0.39, 0.29) is 0 Å². The molecule has 0 fully saturated rings. The van der Waals surface area contributed by atoms with Crippen molar-refractivity contribution < 1.29 is 30.1 Å². The van der Waals surface area contributed by atoms with Crippen molar-refractivity contribution in [2.75, 3.05) is 0 Å². The average Bonchev–Trinajstić information content (AvgIpc) is 2.54. The highest BCUT2D eigenvalue weighted by atomic mass is 35.5. The molecule has 0 radical (unpaired) electrons. The van der Waals surface area contributed by atoms with Gasteiger partial charge in [0, 0.05) is 21.2 Å². The van der Waals surface area contributed by atoms with Gasteiger partial charge in [0.2, 0.25) is 12.6 Å². The van der Waals surface area contributed by atoms with E-state index in [4.69, 9.17) is 43.5 Å². The maximum absolute atomic E-state index is 8.88. The Morgan fingerprint density at radius 1 is 0.636 bits per heavy atom. The van der Waals surface area contributed by atoms with E-state index in [0.29, 0.717) is 21.2 Å². The summed E-state index contributed by atoms with van der Waals surface area (Å²) in [5.41, 5.74) is 0.888. The summed E-state index contributed by atoms with van der Waals surface area (Å²) in [5, 5.41) is 18.8. The third-order valence-corrected chi connectivity index (χ3v) is 3.21. The summed E-state index contributed by atoms with van der Waals surface area (Å²) in [6.45, 7) is 0. The fraction of sp³-hybridized carbons (Fsp3) is 0.143. The largest absolute Gasteiger partial charge is 0.249 e. The molecule has 0 aliphatic carbocycles. The monoisotopic (exact) mass is 346 g/mol. The van der Waals surface area contributed by atoms with Gasteiger partial charge >= 0.3 is 0 Å². The van der Waals surface area contributed by atoms with E-state index in [1.165, 1.54) is 0 Å². The molecule has 22 heavy (non-hydrogen) atoms. The van der Waals surface area contributed by atoms with Crippen molar-refractivity contribution in [1.82, 2.24) is 0 Å². The molecule has 0 spiro atoms. The summed E-state index contributed by atoms with van der Waals surface area (Å²) < 4.78 is 0. The van der Waals surface area contributed by atoms with Crippen LogP contribution in [0.25, 0.3) is 0 Å². The van der Waals surface area contributed by atoms with Crippen molar-refractivity contribution in [1.29, 1.82) is 0 Å². The van der Waals surface area contributed by atoms with Crippen molar-refractivity contribution in [3.05, 3.63) is 69.7 Å². The van der Waals surface area contributed by atoms with Crippen LogP contribution in [0.1, 0.15) is 23.7 Å². The van der Waals surface area contributed by atoms with E-state index < -0.39 is 12.6 Å². The van der Waals surface area contributed by atoms with Gasteiger partial charge in [-0.3, -0.25) is 0 Å². The van der Waals surface area contributed by atoms with Crippen LogP contribution in [-0.4, -0.2) is 10.5 Å². The van der Waals surface area contributed by atoms with Gasteiger partial charge in [0.05, 0.1) is 0 Å². The predicted molar refractivity (Wildman–Crippen MR) is 78.0 cm³/mol. The maximum atomic E-state index is 8.88. The van der Waals surface area contributed by atoms with E-state index in [1.54, 1.807) is 48.5 Å². The van der Waals surface area contributed by atoms with E-state index >= 15 is 0 Å². The minimum absolute atomic E-state index is 0.444. The number of rotatable bonds is 7. The zero-order valence-corrected chi connectivity index (χ0v) is 12.6. The molecule has 2 N–H and O–H groups in total. The lowest BCUT2D eigenvalue weighted by molar-refractivity contribution is -0.517. The molecule has 0 saturated carbocycles. The highest BCUT2D eigenvalue weighted by Crippen LogP contribution is 2.26. The molecule has 2 aromatic carbocycles. The van der Waals surface area contributed by atoms with E-state index in [1.807, 2.05) is 0 Å². The summed E-state index contributed by atoms with van der Waals surface area (Å²) >= 11 is 11.5. The summed E-state index contributed by atoms with van der Waals surface area (Å²) in [7, 11) is 0. The molecule has 0 aliphatic heterocycles. The second-order valence-electron chi connectivity index (χ2n) is 4.17. The van der Waals surface area contributed by atoms with Crippen LogP contribution in [0.15, 0.2) is 48.5 Å². The molecule has 2 rings (SSSR count). The van der Waals surface area contributed by atoms with Gasteiger partial charge in [-0.25, -0.2) is 10.5 Å². The first-order chi connectivity index (χ1) is 10.6. The summed E-state index contributed by atoms with van der Waals surface area (Å²) in [4.78, 5) is 18.2. The van der Waals surface area contributed by atoms with Crippen LogP contribution in [0.5, 0.6) is 0 Å². The first-order valence-electron chi connectivity index (χ1n) is 6.07. The summed E-state index contributed by atoms with van der Waals surface area (Å²) in [5.74, 6) is 0. The molecular weight excluding hydrogens is 335 g/mol. The Balaban J connectivity index is 2.01. The van der Waals surface area contributed by atoms with Crippen molar-refractivity contribution in [2.24, 2.45) is 0 Å². The Morgan fingerprint density at radius 3 is 1.23 bits per heavy atom. The minimum atomic E-state index is -1.25. The molecule has 2 aromatic rings. The Kier molecular flexibility index (Phi) is 6.56. The maximum Gasteiger partial charge on any atom is 0.249 e. The first kappa shape index (κ1) is 17.1. The van der Waals surface area contributed by atoms with Crippen LogP contribution >= 0.6 is 23.2 Å². The minimum Gasteiger partial charge on any atom is -0.249 e. The van der Waals surface area contributed by atoms with Gasteiger partial charge < -0.3 is 0 Å². The van der Waals surface area contributed by atoms with Crippen molar-refractivity contribution in [3.8, 4) is 0 Å². The number of halogens is 2. The van der Waals surface area contributed by atoms with Crippen LogP contribution in [0, 0.1) is 0 Å². The second kappa shape index (κ2) is 8.42. The Hall–Kier alpha value is -1.22. The lowest BCUT2D eigenvalue weighted by Crippen LogP contribution is -2.13. The van der Waals surface area contributed by atoms with E-state index in [2.05, 4.69) is 9.78 Å². The van der Waals surface area contributed by atoms with Gasteiger partial charge in [-0.2, -0.15) is 19.6 Å². The van der Waals surface area contributed by atoms with Crippen LogP contribution < -0.4 is 0 Å². The zero-order valence-electron chi connectivity index (χ0n) is 11.1. The van der Waals surface area contributed by atoms with Crippen LogP contribution in [0.3, 0.4) is 0 Å². The molecule has 0 saturated heterocycles. The molecule has 0 aliphatic rings. The number of hydrogen-bond donors (Lipinski definition) is 2. The van der Waals surface area contributed by atoms with E-state index in [0.717, 1.165) is 0 Å². The molecule has 0 amide bonds. The highest BCUT2D eigenvalue weighted by Gasteiger charge is 2.20. The van der Waals surface area contributed by atoms with Crippen LogP contribution in [-0.2, 0) is 19.6 Å². The Morgan fingerprint density at radius 2 is 0.955 bits per heavy atom. The van der Waals surface area contributed by atoms with Crippen molar-refractivity contribution >= 4 is 23.2 Å². The SMILES string of the molecule is OOC(OOC(OO)c1ccc(Cl)cc1)c1ccc(Cl)cc1. The van der Waals surface area contributed by atoms with Crippen molar-refractivity contribution in [3.63, 3.8) is 0 Å². The quantitative estimate of drug-likeness (QED) is 0.432. The van der Waals surface area contributed by atoms with Gasteiger partial charge in [-0.1, -0.05) is 47.5 Å². The Bertz CT molecular complexity index is 521. The van der Waals surface area contributed by atoms with Gasteiger partial charge in [0.15, 0.2) is 0 Å². The van der Waals surface area contributed by atoms with Gasteiger partial charge in [-0.15, -0.1) is 0 Å². The molecule has 0 aromatic heterocycles. The normalized spacial score (nSPS) is 13.8. The first-order valence-corrected chi connectivity index (χ1v) is 6.83. The number of hydrogen-bond acceptors (Lipinski definition) is 6. The molecule has 2 atom stereocenters. The predicted octanol–water partition coefficient (Wildman–Crippen LogP) is 4.62. The third kappa shape index (κ3) is 4.64. The molecule has 0 heterocycles. The molecule has 118 valence electrons. The summed E-state index contributed by atoms with van der Waals surface area (Å²) in [6.07, 6.45) is -2.50. The van der Waals surface area contributed by atoms with Crippen LogP contribution in [0.4, 0.5) is 0 Å².